The first-order valence-electron chi connectivity index (χ1n) is 9.68. The summed E-state index contributed by atoms with van der Waals surface area (Å²) in [4.78, 5) is 50.2. The van der Waals surface area contributed by atoms with Crippen molar-refractivity contribution in [1.29, 1.82) is 0 Å². The number of fused-ring (bicyclic) bond motifs is 1. The van der Waals surface area contributed by atoms with Crippen LogP contribution >= 0.6 is 0 Å². The lowest BCUT2D eigenvalue weighted by molar-refractivity contribution is -0.176. The minimum absolute atomic E-state index is 0.0139. The van der Waals surface area contributed by atoms with Gasteiger partial charge in [0.2, 0.25) is 17.7 Å². The third-order valence-electron chi connectivity index (χ3n) is 6.19. The van der Waals surface area contributed by atoms with E-state index in [-0.39, 0.29) is 23.8 Å². The molecular weight excluding hydrogens is 405 g/mol. The quantitative estimate of drug-likeness (QED) is 0.585. The van der Waals surface area contributed by atoms with Gasteiger partial charge in [-0.25, -0.2) is 0 Å². The highest BCUT2D eigenvalue weighted by Gasteiger charge is 2.69. The molecule has 11 heteroatoms. The van der Waals surface area contributed by atoms with Crippen molar-refractivity contribution < 1.29 is 32.3 Å². The smallest absolute Gasteiger partial charge is 0.368 e. The molecule has 4 amide bonds. The van der Waals surface area contributed by atoms with Gasteiger partial charge in [0.05, 0.1) is 0 Å². The second kappa shape index (κ2) is 7.42. The number of halogens is 3. The van der Waals surface area contributed by atoms with E-state index in [0.717, 1.165) is 0 Å². The molecule has 0 unspecified atom stereocenters. The van der Waals surface area contributed by atoms with E-state index in [1.165, 1.54) is 32.6 Å². The number of likely N-dealkylation sites (tertiary alicyclic amines) is 1. The minimum atomic E-state index is -5.15. The first-order chi connectivity index (χ1) is 13.4. The molecule has 0 bridgehead atoms. The molecule has 1 saturated carbocycles. The number of alkyl halides is 3. The number of nitrogens with one attached hydrogen (secondary N) is 2. The Labute approximate surface area is 173 Å². The van der Waals surface area contributed by atoms with Crippen LogP contribution in [0.15, 0.2) is 0 Å². The number of amides is 4. The average molecular weight is 434 g/mol. The Bertz CT molecular complexity index is 760. The Morgan fingerprint density at radius 1 is 1.10 bits per heavy atom. The Hall–Kier alpha value is -2.33. The van der Waals surface area contributed by atoms with E-state index in [1.54, 1.807) is 5.32 Å². The summed E-state index contributed by atoms with van der Waals surface area (Å²) >= 11 is 0. The second-order valence-corrected chi connectivity index (χ2v) is 9.79. The Kier molecular flexibility index (Phi) is 5.92. The summed E-state index contributed by atoms with van der Waals surface area (Å²) in [5, 5.41) is 4.25. The number of carbonyl (C=O) groups is 4. The maximum Gasteiger partial charge on any atom is 0.471 e. The molecule has 1 aliphatic heterocycles. The van der Waals surface area contributed by atoms with Crippen molar-refractivity contribution in [3.63, 3.8) is 0 Å². The molecule has 1 heterocycles. The van der Waals surface area contributed by atoms with Gasteiger partial charge in [0, 0.05) is 6.54 Å². The first kappa shape index (κ1) is 23.9. The van der Waals surface area contributed by atoms with Gasteiger partial charge in [0.25, 0.3) is 0 Å². The molecule has 1 aliphatic carbocycles. The average Bonchev–Trinajstić information content (AvgIpc) is 2.93. The van der Waals surface area contributed by atoms with Crippen molar-refractivity contribution in [3.05, 3.63) is 0 Å². The normalized spacial score (nSPS) is 27.0. The molecule has 5 atom stereocenters. The van der Waals surface area contributed by atoms with Gasteiger partial charge in [-0.05, 0) is 29.6 Å². The van der Waals surface area contributed by atoms with E-state index < -0.39 is 53.3 Å². The van der Waals surface area contributed by atoms with E-state index in [9.17, 15) is 32.3 Å². The zero-order chi connectivity index (χ0) is 23.4. The molecule has 30 heavy (non-hydrogen) atoms. The SMILES string of the molecule is C[C@H](NC(=O)[C@@H]1[C@@H]2[C@H](CN1C(=O)[C@@H](NC(=O)C(F)(F)F)C(C)(C)C)C2(C)C)C(N)=O. The first-order valence-corrected chi connectivity index (χ1v) is 9.68. The third kappa shape index (κ3) is 4.39. The van der Waals surface area contributed by atoms with Crippen molar-refractivity contribution in [3.8, 4) is 0 Å². The van der Waals surface area contributed by atoms with Crippen LogP contribution in [0.1, 0.15) is 41.5 Å². The lowest BCUT2D eigenvalue weighted by Crippen LogP contribution is -2.61. The molecule has 0 radical (unpaired) electrons. The van der Waals surface area contributed by atoms with Gasteiger partial charge in [-0.1, -0.05) is 34.6 Å². The zero-order valence-corrected chi connectivity index (χ0v) is 17.9. The largest absolute Gasteiger partial charge is 0.471 e. The fourth-order valence-electron chi connectivity index (χ4n) is 4.21. The van der Waals surface area contributed by atoms with Gasteiger partial charge in [-0.3, -0.25) is 19.2 Å². The number of piperidine rings is 1. The number of rotatable bonds is 5. The standard InChI is InChI=1S/C19H29F3N4O4/c1-8(13(23)27)24-14(28)11-10-9(18(10,5)6)7-26(11)15(29)12(17(2,3)4)25-16(30)19(20,21)22/h8-12H,7H2,1-6H3,(H2,23,27)(H,24,28)(H,25,30)/t8-,9-,10-,11-,12+/m0/s1. The molecule has 0 spiro atoms. The van der Waals surface area contributed by atoms with Crippen LogP contribution in [0.5, 0.6) is 0 Å². The van der Waals surface area contributed by atoms with Crippen molar-refractivity contribution in [2.45, 2.75) is 65.8 Å². The third-order valence-corrected chi connectivity index (χ3v) is 6.19. The number of primary amides is 1. The maximum atomic E-state index is 13.2. The summed E-state index contributed by atoms with van der Waals surface area (Å²) in [6.07, 6.45) is -5.15. The highest BCUT2D eigenvalue weighted by Crippen LogP contribution is 2.65. The van der Waals surface area contributed by atoms with Crippen LogP contribution < -0.4 is 16.4 Å². The van der Waals surface area contributed by atoms with Crippen molar-refractivity contribution >= 4 is 23.6 Å². The van der Waals surface area contributed by atoms with Crippen LogP contribution in [-0.2, 0) is 19.2 Å². The van der Waals surface area contributed by atoms with Crippen LogP contribution in [0.2, 0.25) is 0 Å². The van der Waals surface area contributed by atoms with Crippen molar-refractivity contribution in [1.82, 2.24) is 15.5 Å². The number of nitrogens with two attached hydrogens (primary N) is 1. The molecule has 170 valence electrons. The van der Waals surface area contributed by atoms with E-state index in [0.29, 0.717) is 0 Å². The molecule has 0 aromatic rings. The molecular formula is C19H29F3N4O4. The van der Waals surface area contributed by atoms with Gasteiger partial charge in [-0.15, -0.1) is 0 Å². The summed E-state index contributed by atoms with van der Waals surface area (Å²) in [6, 6.07) is -3.43. The van der Waals surface area contributed by atoms with Crippen LogP contribution in [0.25, 0.3) is 0 Å². The van der Waals surface area contributed by atoms with E-state index >= 15 is 0 Å². The molecule has 2 fully saturated rings. The van der Waals surface area contributed by atoms with Gasteiger partial charge in [-0.2, -0.15) is 13.2 Å². The molecule has 4 N–H and O–H groups in total. The second-order valence-electron chi connectivity index (χ2n) is 9.79. The highest BCUT2D eigenvalue weighted by atomic mass is 19.4. The molecule has 0 aromatic heterocycles. The number of hydrogen-bond acceptors (Lipinski definition) is 4. The van der Waals surface area contributed by atoms with E-state index in [1.807, 2.05) is 13.8 Å². The summed E-state index contributed by atoms with van der Waals surface area (Å²) in [5.74, 6) is -4.56. The Morgan fingerprint density at radius 2 is 1.63 bits per heavy atom. The zero-order valence-electron chi connectivity index (χ0n) is 17.9. The van der Waals surface area contributed by atoms with Gasteiger partial charge >= 0.3 is 12.1 Å². The molecule has 1 saturated heterocycles. The summed E-state index contributed by atoms with van der Waals surface area (Å²) in [5.41, 5.74) is 3.91. The van der Waals surface area contributed by atoms with Crippen LogP contribution in [-0.4, -0.2) is 59.4 Å². The van der Waals surface area contributed by atoms with Crippen LogP contribution in [0.3, 0.4) is 0 Å². The fraction of sp³-hybridized carbons (Fsp3) is 0.789. The summed E-state index contributed by atoms with van der Waals surface area (Å²) in [6.45, 7) is 10.0. The lowest BCUT2D eigenvalue weighted by atomic mass is 9.85. The van der Waals surface area contributed by atoms with Crippen LogP contribution in [0.4, 0.5) is 13.2 Å². The van der Waals surface area contributed by atoms with Crippen molar-refractivity contribution in [2.75, 3.05) is 6.54 Å². The van der Waals surface area contributed by atoms with Crippen molar-refractivity contribution in [2.24, 2.45) is 28.4 Å². The monoisotopic (exact) mass is 434 g/mol. The van der Waals surface area contributed by atoms with Crippen LogP contribution in [0, 0.1) is 22.7 Å². The summed E-state index contributed by atoms with van der Waals surface area (Å²) in [7, 11) is 0. The molecule has 0 aromatic carbocycles. The van der Waals surface area contributed by atoms with Gasteiger partial charge in [0.1, 0.15) is 18.1 Å². The fourth-order valence-corrected chi connectivity index (χ4v) is 4.21. The lowest BCUT2D eigenvalue weighted by Gasteiger charge is -2.37. The van der Waals surface area contributed by atoms with E-state index in [4.69, 9.17) is 5.73 Å². The number of carbonyl (C=O) groups excluding carboxylic acids is 4. The minimum Gasteiger partial charge on any atom is -0.368 e. The Morgan fingerprint density at radius 3 is 2.07 bits per heavy atom. The molecule has 2 rings (SSSR count). The number of nitrogens with zero attached hydrogens (tertiary/aromatic N) is 1. The molecule has 8 nitrogen and oxygen atoms in total. The highest BCUT2D eigenvalue weighted by molar-refractivity contribution is 5.96. The Balaban J connectivity index is 2.31. The summed E-state index contributed by atoms with van der Waals surface area (Å²) < 4.78 is 38.4. The van der Waals surface area contributed by atoms with Gasteiger partial charge < -0.3 is 21.3 Å². The van der Waals surface area contributed by atoms with E-state index in [2.05, 4.69) is 5.32 Å². The predicted octanol–water partition coefficient (Wildman–Crippen LogP) is 0.553. The predicted molar refractivity (Wildman–Crippen MR) is 101 cm³/mol. The molecule has 2 aliphatic rings. The topological polar surface area (TPSA) is 122 Å². The van der Waals surface area contributed by atoms with Gasteiger partial charge in [0.15, 0.2) is 0 Å². The number of hydrogen-bond donors (Lipinski definition) is 3. The maximum absolute atomic E-state index is 13.2.